The Bertz CT molecular complexity index is 915. The first-order valence-electron chi connectivity index (χ1n) is 10.3. The van der Waals surface area contributed by atoms with Crippen LogP contribution in [0.25, 0.3) is 0 Å². The second-order valence-electron chi connectivity index (χ2n) is 8.00. The van der Waals surface area contributed by atoms with Gasteiger partial charge in [0.05, 0.1) is 24.9 Å². The minimum Gasteiger partial charge on any atom is -0.373 e. The SMILES string of the molecule is Cn1cc([C@H]2[C@H](CN3CCCCC3)OCCN2C(=O)c2cccn(C)c2=O)cn1. The molecule has 29 heavy (non-hydrogen) atoms. The molecular weight excluding hydrogens is 370 g/mol. The first-order valence-corrected chi connectivity index (χ1v) is 10.3. The third-order valence-corrected chi connectivity index (χ3v) is 5.92. The number of aromatic nitrogens is 3. The summed E-state index contributed by atoms with van der Waals surface area (Å²) in [6, 6.07) is 3.08. The molecule has 2 aliphatic rings. The van der Waals surface area contributed by atoms with Gasteiger partial charge in [-0.15, -0.1) is 0 Å². The molecule has 4 heterocycles. The molecule has 0 radical (unpaired) electrons. The minimum absolute atomic E-state index is 0.150. The number of aryl methyl sites for hydroxylation is 2. The van der Waals surface area contributed by atoms with Gasteiger partial charge in [-0.25, -0.2) is 0 Å². The fourth-order valence-electron chi connectivity index (χ4n) is 4.41. The molecule has 2 aromatic rings. The monoisotopic (exact) mass is 399 g/mol. The number of pyridine rings is 1. The van der Waals surface area contributed by atoms with Crippen LogP contribution in [0.1, 0.15) is 41.2 Å². The van der Waals surface area contributed by atoms with E-state index in [1.54, 1.807) is 41.2 Å². The molecule has 2 aromatic heterocycles. The van der Waals surface area contributed by atoms with Crippen LogP contribution in [0.3, 0.4) is 0 Å². The topological polar surface area (TPSA) is 72.6 Å². The zero-order valence-electron chi connectivity index (χ0n) is 17.2. The van der Waals surface area contributed by atoms with Crippen LogP contribution < -0.4 is 5.56 Å². The van der Waals surface area contributed by atoms with Crippen molar-refractivity contribution in [3.05, 3.63) is 52.2 Å². The number of piperidine rings is 1. The Morgan fingerprint density at radius 1 is 1.21 bits per heavy atom. The molecule has 0 unspecified atom stereocenters. The highest BCUT2D eigenvalue weighted by Crippen LogP contribution is 2.31. The van der Waals surface area contributed by atoms with Crippen molar-refractivity contribution in [2.75, 3.05) is 32.8 Å². The third kappa shape index (κ3) is 4.13. The number of nitrogens with zero attached hydrogens (tertiary/aromatic N) is 5. The first kappa shape index (κ1) is 19.8. The van der Waals surface area contributed by atoms with Gasteiger partial charge in [0.2, 0.25) is 0 Å². The lowest BCUT2D eigenvalue weighted by Gasteiger charge is -2.43. The smallest absolute Gasteiger partial charge is 0.263 e. The van der Waals surface area contributed by atoms with Crippen molar-refractivity contribution in [2.45, 2.75) is 31.4 Å². The van der Waals surface area contributed by atoms with Crippen LogP contribution >= 0.6 is 0 Å². The average molecular weight is 399 g/mol. The molecule has 0 aromatic carbocycles. The molecule has 0 bridgehead atoms. The van der Waals surface area contributed by atoms with Gasteiger partial charge in [-0.3, -0.25) is 14.3 Å². The van der Waals surface area contributed by atoms with Gasteiger partial charge in [-0.05, 0) is 38.1 Å². The summed E-state index contributed by atoms with van der Waals surface area (Å²) in [4.78, 5) is 30.2. The van der Waals surface area contributed by atoms with Gasteiger partial charge >= 0.3 is 0 Å². The molecule has 2 saturated heterocycles. The van der Waals surface area contributed by atoms with Crippen molar-refractivity contribution in [2.24, 2.45) is 14.1 Å². The summed E-state index contributed by atoms with van der Waals surface area (Å²) in [7, 11) is 3.53. The van der Waals surface area contributed by atoms with Crippen LogP contribution in [0.5, 0.6) is 0 Å². The van der Waals surface area contributed by atoms with E-state index in [0.717, 1.165) is 25.2 Å². The van der Waals surface area contributed by atoms with Crippen molar-refractivity contribution < 1.29 is 9.53 Å². The minimum atomic E-state index is -0.276. The van der Waals surface area contributed by atoms with E-state index in [-0.39, 0.29) is 29.2 Å². The Morgan fingerprint density at radius 2 is 2.00 bits per heavy atom. The average Bonchev–Trinajstić information content (AvgIpc) is 3.16. The van der Waals surface area contributed by atoms with Crippen LogP contribution in [0.15, 0.2) is 35.5 Å². The maximum absolute atomic E-state index is 13.4. The lowest BCUT2D eigenvalue weighted by atomic mass is 9.98. The number of hydrogen-bond acceptors (Lipinski definition) is 5. The number of morpholine rings is 1. The van der Waals surface area contributed by atoms with Crippen LogP contribution in [0.2, 0.25) is 0 Å². The largest absolute Gasteiger partial charge is 0.373 e. The van der Waals surface area contributed by atoms with Gasteiger partial charge < -0.3 is 19.1 Å². The maximum Gasteiger partial charge on any atom is 0.263 e. The molecule has 0 N–H and O–H groups in total. The number of carbonyl (C=O) groups excluding carboxylic acids is 1. The quantitative estimate of drug-likeness (QED) is 0.772. The molecule has 0 aliphatic carbocycles. The van der Waals surface area contributed by atoms with E-state index in [9.17, 15) is 9.59 Å². The summed E-state index contributed by atoms with van der Waals surface area (Å²) in [5.74, 6) is -0.244. The van der Waals surface area contributed by atoms with Gasteiger partial charge in [-0.2, -0.15) is 5.10 Å². The van der Waals surface area contributed by atoms with Gasteiger partial charge in [-0.1, -0.05) is 6.42 Å². The zero-order chi connectivity index (χ0) is 20.4. The molecule has 2 atom stereocenters. The highest BCUT2D eigenvalue weighted by atomic mass is 16.5. The predicted molar refractivity (Wildman–Crippen MR) is 109 cm³/mol. The first-order chi connectivity index (χ1) is 14.0. The second-order valence-corrected chi connectivity index (χ2v) is 8.00. The van der Waals surface area contributed by atoms with Gasteiger partial charge in [0, 0.05) is 45.1 Å². The Kier molecular flexibility index (Phi) is 5.82. The standard InChI is InChI=1S/C21H29N5O3/c1-23-8-6-7-17(20(23)27)21(28)26-11-12-29-18(15-25-9-4-3-5-10-25)19(26)16-13-22-24(2)14-16/h6-8,13-14,18-19H,3-5,9-12,15H2,1-2H3/t18-,19-/m0/s1. The van der Waals surface area contributed by atoms with Crippen LogP contribution in [0.4, 0.5) is 0 Å². The molecular formula is C21H29N5O3. The second kappa shape index (κ2) is 8.51. The van der Waals surface area contributed by atoms with Gasteiger partial charge in [0.25, 0.3) is 11.5 Å². The lowest BCUT2D eigenvalue weighted by molar-refractivity contribution is -0.0742. The summed E-state index contributed by atoms with van der Waals surface area (Å²) in [6.45, 7) is 3.82. The Labute approximate surface area is 170 Å². The van der Waals surface area contributed by atoms with E-state index in [1.807, 2.05) is 13.2 Å². The molecule has 8 nitrogen and oxygen atoms in total. The fraction of sp³-hybridized carbons (Fsp3) is 0.571. The lowest BCUT2D eigenvalue weighted by Crippen LogP contribution is -2.53. The highest BCUT2D eigenvalue weighted by Gasteiger charge is 2.39. The van der Waals surface area contributed by atoms with Crippen molar-refractivity contribution >= 4 is 5.91 Å². The predicted octanol–water partition coefficient (Wildman–Crippen LogP) is 1.19. The summed E-state index contributed by atoms with van der Waals surface area (Å²) in [6.07, 6.45) is 8.92. The van der Waals surface area contributed by atoms with Gasteiger partial charge in [0.15, 0.2) is 0 Å². The van der Waals surface area contributed by atoms with Crippen LogP contribution in [-0.4, -0.2) is 68.9 Å². The van der Waals surface area contributed by atoms with E-state index >= 15 is 0 Å². The number of carbonyl (C=O) groups is 1. The number of likely N-dealkylation sites (tertiary alicyclic amines) is 1. The van der Waals surface area contributed by atoms with Crippen LogP contribution in [-0.2, 0) is 18.8 Å². The summed E-state index contributed by atoms with van der Waals surface area (Å²) < 4.78 is 9.36. The molecule has 0 saturated carbocycles. The van der Waals surface area contributed by atoms with E-state index in [1.165, 1.54) is 23.8 Å². The summed E-state index contributed by atoms with van der Waals surface area (Å²) >= 11 is 0. The molecule has 2 fully saturated rings. The van der Waals surface area contributed by atoms with E-state index in [0.29, 0.717) is 13.2 Å². The molecule has 1 amide bonds. The van der Waals surface area contributed by atoms with Crippen molar-refractivity contribution in [1.82, 2.24) is 24.1 Å². The fourth-order valence-corrected chi connectivity index (χ4v) is 4.41. The molecule has 0 spiro atoms. The summed E-state index contributed by atoms with van der Waals surface area (Å²) in [5, 5.41) is 4.31. The maximum atomic E-state index is 13.4. The molecule has 156 valence electrons. The number of rotatable bonds is 4. The number of ether oxygens (including phenoxy) is 1. The van der Waals surface area contributed by atoms with Crippen LogP contribution in [0, 0.1) is 0 Å². The Morgan fingerprint density at radius 3 is 2.72 bits per heavy atom. The Hall–Kier alpha value is -2.45. The van der Waals surface area contributed by atoms with Crippen molar-refractivity contribution in [3.63, 3.8) is 0 Å². The normalized spacial score (nSPS) is 23.3. The van der Waals surface area contributed by atoms with Crippen molar-refractivity contribution in [1.29, 1.82) is 0 Å². The van der Waals surface area contributed by atoms with E-state index in [4.69, 9.17) is 4.74 Å². The van der Waals surface area contributed by atoms with Gasteiger partial charge in [0.1, 0.15) is 5.56 Å². The molecule has 4 rings (SSSR count). The number of amides is 1. The Balaban J connectivity index is 1.66. The summed E-state index contributed by atoms with van der Waals surface area (Å²) in [5.41, 5.74) is 0.860. The zero-order valence-corrected chi connectivity index (χ0v) is 17.2. The van der Waals surface area contributed by atoms with E-state index in [2.05, 4.69) is 10.00 Å². The third-order valence-electron chi connectivity index (χ3n) is 5.92. The molecule has 2 aliphatic heterocycles. The highest BCUT2D eigenvalue weighted by molar-refractivity contribution is 5.94. The van der Waals surface area contributed by atoms with Crippen molar-refractivity contribution in [3.8, 4) is 0 Å². The van der Waals surface area contributed by atoms with E-state index < -0.39 is 0 Å². The number of hydrogen-bond donors (Lipinski definition) is 0. The molecule has 8 heteroatoms.